The number of methoxy groups -OCH3 is 1. The Labute approximate surface area is 155 Å². The van der Waals surface area contributed by atoms with E-state index in [1.54, 1.807) is 7.11 Å². The Bertz CT molecular complexity index is 664. The number of piperidine rings is 1. The van der Waals surface area contributed by atoms with Crippen LogP contribution in [0.3, 0.4) is 0 Å². The highest BCUT2D eigenvalue weighted by atomic mass is 16.5. The number of aromatic nitrogens is 1. The lowest BCUT2D eigenvalue weighted by Gasteiger charge is -2.29. The van der Waals surface area contributed by atoms with Gasteiger partial charge >= 0.3 is 0 Å². The Morgan fingerprint density at radius 2 is 1.96 bits per heavy atom. The van der Waals surface area contributed by atoms with Crippen molar-refractivity contribution >= 4 is 5.91 Å². The minimum atomic E-state index is 0.155. The first-order valence-corrected chi connectivity index (χ1v) is 9.95. The average molecular weight is 358 g/mol. The van der Waals surface area contributed by atoms with E-state index in [4.69, 9.17) is 4.74 Å². The molecule has 0 radical (unpaired) electrons. The number of hydrogen-bond acceptors (Lipinski definition) is 5. The van der Waals surface area contributed by atoms with E-state index in [2.05, 4.69) is 22.2 Å². The molecule has 1 amide bonds. The minimum Gasteiger partial charge on any atom is -0.481 e. The predicted octanol–water partition coefficient (Wildman–Crippen LogP) is 2.17. The number of carbonyl (C=O) groups excluding carboxylic acids is 1. The lowest BCUT2D eigenvalue weighted by atomic mass is 10.0. The molecule has 0 bridgehead atoms. The Hall–Kier alpha value is -1.66. The van der Waals surface area contributed by atoms with E-state index < -0.39 is 0 Å². The van der Waals surface area contributed by atoms with Crippen molar-refractivity contribution in [3.05, 3.63) is 22.9 Å². The molecule has 3 heterocycles. The maximum Gasteiger partial charge on any atom is 0.256 e. The molecule has 1 N–H and O–H groups in total. The standard InChI is InChI=1S/C20H30N4O2/c1-23-9-7-15(8-10-23)21-12-14-11-17-18(22-19(14)26-2)13-24(20(17)25)16-5-3-4-6-16/h11,15-16,21H,3-10,12-13H2,1-2H3. The number of amides is 1. The lowest BCUT2D eigenvalue weighted by Crippen LogP contribution is -2.40. The van der Waals surface area contributed by atoms with Gasteiger partial charge in [0.25, 0.3) is 5.91 Å². The van der Waals surface area contributed by atoms with Gasteiger partial charge in [0.15, 0.2) is 0 Å². The van der Waals surface area contributed by atoms with Crippen LogP contribution in [0.5, 0.6) is 5.88 Å². The third kappa shape index (κ3) is 3.45. The molecule has 0 unspecified atom stereocenters. The van der Waals surface area contributed by atoms with Crippen LogP contribution in [0, 0.1) is 0 Å². The van der Waals surface area contributed by atoms with Gasteiger partial charge in [0.2, 0.25) is 5.88 Å². The molecule has 2 fully saturated rings. The predicted molar refractivity (Wildman–Crippen MR) is 100 cm³/mol. The first-order valence-electron chi connectivity index (χ1n) is 9.95. The minimum absolute atomic E-state index is 0.155. The Morgan fingerprint density at radius 1 is 1.23 bits per heavy atom. The quantitative estimate of drug-likeness (QED) is 0.874. The molecule has 1 saturated carbocycles. The molecule has 0 atom stereocenters. The summed E-state index contributed by atoms with van der Waals surface area (Å²) >= 11 is 0. The van der Waals surface area contributed by atoms with E-state index >= 15 is 0 Å². The number of likely N-dealkylation sites (tertiary alicyclic amines) is 1. The summed E-state index contributed by atoms with van der Waals surface area (Å²) in [5, 5.41) is 3.63. The first-order chi connectivity index (χ1) is 12.7. The third-order valence-electron chi connectivity index (χ3n) is 6.21. The van der Waals surface area contributed by atoms with Crippen LogP contribution in [-0.4, -0.2) is 60.0 Å². The second-order valence-electron chi connectivity index (χ2n) is 7.98. The van der Waals surface area contributed by atoms with E-state index in [-0.39, 0.29) is 5.91 Å². The number of fused-ring (bicyclic) bond motifs is 1. The summed E-state index contributed by atoms with van der Waals surface area (Å²) in [4.78, 5) is 22.0. The number of nitrogens with one attached hydrogen (secondary N) is 1. The van der Waals surface area contributed by atoms with Gasteiger partial charge in [-0.2, -0.15) is 0 Å². The van der Waals surface area contributed by atoms with Crippen LogP contribution in [0.2, 0.25) is 0 Å². The van der Waals surface area contributed by atoms with Gasteiger partial charge in [-0.05, 0) is 51.9 Å². The van der Waals surface area contributed by atoms with Crippen molar-refractivity contribution in [2.45, 2.75) is 63.7 Å². The van der Waals surface area contributed by atoms with Gasteiger partial charge in [0.1, 0.15) is 0 Å². The highest BCUT2D eigenvalue weighted by molar-refractivity contribution is 5.98. The number of pyridine rings is 1. The molecule has 1 saturated heterocycles. The van der Waals surface area contributed by atoms with Crippen LogP contribution in [-0.2, 0) is 13.1 Å². The molecule has 1 aromatic heterocycles. The van der Waals surface area contributed by atoms with Crippen LogP contribution in [0.15, 0.2) is 6.07 Å². The highest BCUT2D eigenvalue weighted by Crippen LogP contribution is 2.33. The van der Waals surface area contributed by atoms with Crippen molar-refractivity contribution in [1.29, 1.82) is 0 Å². The molecule has 0 spiro atoms. The van der Waals surface area contributed by atoms with E-state index in [1.165, 1.54) is 12.8 Å². The molecule has 3 aliphatic rings. The zero-order valence-corrected chi connectivity index (χ0v) is 16.0. The number of ether oxygens (including phenoxy) is 1. The normalized spacial score (nSPS) is 22.2. The molecule has 142 valence electrons. The largest absolute Gasteiger partial charge is 0.481 e. The lowest BCUT2D eigenvalue weighted by molar-refractivity contribution is 0.0706. The molecule has 0 aromatic carbocycles. The Morgan fingerprint density at radius 3 is 2.65 bits per heavy atom. The summed E-state index contributed by atoms with van der Waals surface area (Å²) in [7, 11) is 3.84. The molecule has 2 aliphatic heterocycles. The van der Waals surface area contributed by atoms with Crippen LogP contribution >= 0.6 is 0 Å². The fourth-order valence-corrected chi connectivity index (χ4v) is 4.55. The average Bonchev–Trinajstić information content (AvgIpc) is 3.29. The summed E-state index contributed by atoms with van der Waals surface area (Å²) in [6.45, 7) is 3.60. The second kappa shape index (κ2) is 7.53. The molecule has 4 rings (SSSR count). The van der Waals surface area contributed by atoms with Crippen LogP contribution in [0.25, 0.3) is 0 Å². The van der Waals surface area contributed by atoms with Crippen molar-refractivity contribution in [2.75, 3.05) is 27.2 Å². The number of nitrogens with zero attached hydrogens (tertiary/aromatic N) is 3. The van der Waals surface area contributed by atoms with Crippen LogP contribution in [0.4, 0.5) is 0 Å². The zero-order valence-electron chi connectivity index (χ0n) is 16.0. The van der Waals surface area contributed by atoms with Crippen molar-refractivity contribution in [1.82, 2.24) is 20.1 Å². The maximum absolute atomic E-state index is 12.9. The number of hydrogen-bond donors (Lipinski definition) is 1. The van der Waals surface area contributed by atoms with Crippen LogP contribution < -0.4 is 10.1 Å². The first kappa shape index (κ1) is 17.7. The van der Waals surface area contributed by atoms with Crippen molar-refractivity contribution in [3.8, 4) is 5.88 Å². The molecule has 1 aromatic rings. The molecular weight excluding hydrogens is 328 g/mol. The van der Waals surface area contributed by atoms with E-state index in [9.17, 15) is 4.79 Å². The summed E-state index contributed by atoms with van der Waals surface area (Å²) < 4.78 is 5.53. The molecule has 26 heavy (non-hydrogen) atoms. The monoisotopic (exact) mass is 358 g/mol. The van der Waals surface area contributed by atoms with Gasteiger partial charge in [-0.25, -0.2) is 4.98 Å². The summed E-state index contributed by atoms with van der Waals surface area (Å²) in [6, 6.07) is 2.93. The Kier molecular flexibility index (Phi) is 5.14. The van der Waals surface area contributed by atoms with E-state index in [1.807, 2.05) is 11.0 Å². The van der Waals surface area contributed by atoms with Crippen LogP contribution in [0.1, 0.15) is 60.1 Å². The highest BCUT2D eigenvalue weighted by Gasteiger charge is 2.36. The van der Waals surface area contributed by atoms with E-state index in [0.29, 0.717) is 31.1 Å². The van der Waals surface area contributed by atoms with Gasteiger partial charge in [-0.15, -0.1) is 0 Å². The fourth-order valence-electron chi connectivity index (χ4n) is 4.55. The fraction of sp³-hybridized carbons (Fsp3) is 0.700. The Balaban J connectivity index is 1.47. The second-order valence-corrected chi connectivity index (χ2v) is 7.98. The van der Waals surface area contributed by atoms with Crippen molar-refractivity contribution < 1.29 is 9.53 Å². The summed E-state index contributed by atoms with van der Waals surface area (Å²) in [5.41, 5.74) is 2.64. The van der Waals surface area contributed by atoms with Crippen molar-refractivity contribution in [3.63, 3.8) is 0 Å². The van der Waals surface area contributed by atoms with Gasteiger partial charge in [0, 0.05) is 24.2 Å². The van der Waals surface area contributed by atoms with E-state index in [0.717, 1.165) is 55.6 Å². The molecule has 6 nitrogen and oxygen atoms in total. The molecular formula is C20H30N4O2. The topological polar surface area (TPSA) is 57.7 Å². The maximum atomic E-state index is 12.9. The SMILES string of the molecule is COc1nc2c(cc1CNC1CCN(C)CC1)C(=O)N(C1CCCC1)C2. The smallest absolute Gasteiger partial charge is 0.256 e. The van der Waals surface area contributed by atoms with Gasteiger partial charge in [0.05, 0.1) is 24.9 Å². The summed E-state index contributed by atoms with van der Waals surface area (Å²) in [6.07, 6.45) is 7.03. The number of rotatable bonds is 5. The van der Waals surface area contributed by atoms with Gasteiger partial charge in [-0.3, -0.25) is 4.79 Å². The number of carbonyl (C=O) groups is 1. The summed E-state index contributed by atoms with van der Waals surface area (Å²) in [5.74, 6) is 0.813. The third-order valence-corrected chi connectivity index (χ3v) is 6.21. The van der Waals surface area contributed by atoms with Gasteiger partial charge in [-0.1, -0.05) is 12.8 Å². The molecule has 6 heteroatoms. The zero-order chi connectivity index (χ0) is 18.1. The van der Waals surface area contributed by atoms with Gasteiger partial charge < -0.3 is 19.9 Å². The molecule has 1 aliphatic carbocycles. The van der Waals surface area contributed by atoms with Crippen molar-refractivity contribution in [2.24, 2.45) is 0 Å².